The maximum absolute atomic E-state index is 12.6. The standard InChI is InChI=1S/C19H12Cl2N2O3/c20-13-7-5-12(6-8-13)19(24)15-10-9-14(11-16(15)21)22-17-3-1-2-4-18(17)23(25)26/h1-11,22H. The van der Waals surface area contributed by atoms with Crippen LogP contribution >= 0.6 is 23.2 Å². The third kappa shape index (κ3) is 3.85. The lowest BCUT2D eigenvalue weighted by Crippen LogP contribution is -2.03. The van der Waals surface area contributed by atoms with Gasteiger partial charge in [0.25, 0.3) is 5.69 Å². The van der Waals surface area contributed by atoms with E-state index in [1.54, 1.807) is 60.7 Å². The Balaban J connectivity index is 1.87. The summed E-state index contributed by atoms with van der Waals surface area (Å²) in [6.45, 7) is 0. The quantitative estimate of drug-likeness (QED) is 0.337. The molecule has 0 atom stereocenters. The van der Waals surface area contributed by atoms with E-state index in [2.05, 4.69) is 5.32 Å². The van der Waals surface area contributed by atoms with E-state index >= 15 is 0 Å². The minimum Gasteiger partial charge on any atom is -0.350 e. The summed E-state index contributed by atoms with van der Waals surface area (Å²) in [5, 5.41) is 14.8. The van der Waals surface area contributed by atoms with Crippen molar-refractivity contribution in [1.82, 2.24) is 0 Å². The van der Waals surface area contributed by atoms with E-state index in [-0.39, 0.29) is 16.5 Å². The SMILES string of the molecule is O=C(c1ccc(Cl)cc1)c1ccc(Nc2ccccc2[N+](=O)[O-])cc1Cl. The first-order valence-corrected chi connectivity index (χ1v) is 8.31. The summed E-state index contributed by atoms with van der Waals surface area (Å²) in [5.74, 6) is -0.232. The highest BCUT2D eigenvalue weighted by molar-refractivity contribution is 6.35. The molecule has 3 rings (SSSR count). The number of benzene rings is 3. The normalized spacial score (nSPS) is 10.4. The summed E-state index contributed by atoms with van der Waals surface area (Å²) in [5.41, 5.74) is 1.63. The van der Waals surface area contributed by atoms with Gasteiger partial charge in [-0.1, -0.05) is 35.3 Å². The number of carbonyl (C=O) groups is 1. The molecule has 0 radical (unpaired) electrons. The zero-order valence-electron chi connectivity index (χ0n) is 13.3. The first-order chi connectivity index (χ1) is 12.5. The van der Waals surface area contributed by atoms with Crippen molar-refractivity contribution in [2.75, 3.05) is 5.32 Å². The molecule has 5 nitrogen and oxygen atoms in total. The summed E-state index contributed by atoms with van der Waals surface area (Å²) >= 11 is 12.1. The highest BCUT2D eigenvalue weighted by atomic mass is 35.5. The van der Waals surface area contributed by atoms with Crippen LogP contribution in [0.4, 0.5) is 17.1 Å². The second-order valence-electron chi connectivity index (χ2n) is 5.43. The van der Waals surface area contributed by atoms with Crippen LogP contribution in [-0.4, -0.2) is 10.7 Å². The molecule has 0 fully saturated rings. The second kappa shape index (κ2) is 7.56. The summed E-state index contributed by atoms with van der Waals surface area (Å²) in [6, 6.07) is 17.6. The van der Waals surface area contributed by atoms with Gasteiger partial charge in [0.15, 0.2) is 5.78 Å². The first-order valence-electron chi connectivity index (χ1n) is 7.56. The molecule has 0 heterocycles. The van der Waals surface area contributed by atoms with Crippen molar-refractivity contribution in [3.8, 4) is 0 Å². The minimum atomic E-state index is -0.470. The number of carbonyl (C=O) groups excluding carboxylic acids is 1. The maximum Gasteiger partial charge on any atom is 0.292 e. The van der Waals surface area contributed by atoms with Gasteiger partial charge in [-0.05, 0) is 48.5 Å². The molecule has 1 N–H and O–H groups in total. The molecule has 0 saturated heterocycles. The van der Waals surface area contributed by atoms with Crippen molar-refractivity contribution in [3.05, 3.63) is 98.0 Å². The highest BCUT2D eigenvalue weighted by Crippen LogP contribution is 2.30. The van der Waals surface area contributed by atoms with E-state index < -0.39 is 4.92 Å². The summed E-state index contributed by atoms with van der Waals surface area (Å²) < 4.78 is 0. The molecule has 0 aliphatic carbocycles. The highest BCUT2D eigenvalue weighted by Gasteiger charge is 2.15. The molecule has 7 heteroatoms. The molecule has 130 valence electrons. The van der Waals surface area contributed by atoms with Gasteiger partial charge in [-0.3, -0.25) is 14.9 Å². The number of nitro groups is 1. The molecule has 0 unspecified atom stereocenters. The van der Waals surface area contributed by atoms with Crippen LogP contribution in [0.3, 0.4) is 0 Å². The number of halogens is 2. The maximum atomic E-state index is 12.6. The van der Waals surface area contributed by atoms with Gasteiger partial charge in [-0.15, -0.1) is 0 Å². The van der Waals surface area contributed by atoms with Gasteiger partial charge in [0.2, 0.25) is 0 Å². The molecule has 0 aromatic heterocycles. The molecule has 0 aliphatic heterocycles. The Kier molecular flexibility index (Phi) is 5.21. The molecule has 0 bridgehead atoms. The number of hydrogen-bond donors (Lipinski definition) is 1. The Bertz CT molecular complexity index is 988. The van der Waals surface area contributed by atoms with Crippen LogP contribution < -0.4 is 5.32 Å². The Morgan fingerprint density at radius 3 is 2.31 bits per heavy atom. The minimum absolute atomic E-state index is 0.0510. The summed E-state index contributed by atoms with van der Waals surface area (Å²) in [7, 11) is 0. The summed E-state index contributed by atoms with van der Waals surface area (Å²) in [4.78, 5) is 23.2. The van der Waals surface area contributed by atoms with E-state index in [1.165, 1.54) is 6.07 Å². The number of nitrogens with zero attached hydrogens (tertiary/aromatic N) is 1. The van der Waals surface area contributed by atoms with Crippen molar-refractivity contribution in [2.45, 2.75) is 0 Å². The van der Waals surface area contributed by atoms with E-state index in [0.717, 1.165) is 0 Å². The second-order valence-corrected chi connectivity index (χ2v) is 6.27. The van der Waals surface area contributed by atoms with Crippen LogP contribution in [0.5, 0.6) is 0 Å². The molecular formula is C19H12Cl2N2O3. The lowest BCUT2D eigenvalue weighted by atomic mass is 10.0. The fourth-order valence-corrected chi connectivity index (χ4v) is 2.82. The lowest BCUT2D eigenvalue weighted by Gasteiger charge is -2.10. The van der Waals surface area contributed by atoms with E-state index in [4.69, 9.17) is 23.2 Å². The van der Waals surface area contributed by atoms with Gasteiger partial charge in [-0.2, -0.15) is 0 Å². The Morgan fingerprint density at radius 1 is 0.962 bits per heavy atom. The van der Waals surface area contributed by atoms with Gasteiger partial charge in [0, 0.05) is 27.9 Å². The van der Waals surface area contributed by atoms with Gasteiger partial charge >= 0.3 is 0 Å². The van der Waals surface area contributed by atoms with Gasteiger partial charge < -0.3 is 5.32 Å². The number of nitrogens with one attached hydrogen (secondary N) is 1. The van der Waals surface area contributed by atoms with Gasteiger partial charge in [-0.25, -0.2) is 0 Å². The number of hydrogen-bond acceptors (Lipinski definition) is 4. The van der Waals surface area contributed by atoms with Crippen molar-refractivity contribution >= 4 is 46.0 Å². The Labute approximate surface area is 159 Å². The molecular weight excluding hydrogens is 375 g/mol. The Hall–Kier alpha value is -2.89. The molecule has 3 aromatic rings. The van der Waals surface area contributed by atoms with Crippen molar-refractivity contribution < 1.29 is 9.72 Å². The first kappa shape index (κ1) is 17.9. The molecule has 0 spiro atoms. The van der Waals surface area contributed by atoms with Gasteiger partial charge in [0.1, 0.15) is 5.69 Å². The molecule has 0 amide bonds. The van der Waals surface area contributed by atoms with Crippen molar-refractivity contribution in [2.24, 2.45) is 0 Å². The van der Waals surface area contributed by atoms with Crippen LogP contribution in [-0.2, 0) is 0 Å². The van der Waals surface area contributed by atoms with Crippen molar-refractivity contribution in [3.63, 3.8) is 0 Å². The van der Waals surface area contributed by atoms with E-state index in [9.17, 15) is 14.9 Å². The number of ketones is 1. The number of anilines is 2. The largest absolute Gasteiger partial charge is 0.350 e. The third-order valence-electron chi connectivity index (χ3n) is 3.70. The predicted molar refractivity (Wildman–Crippen MR) is 103 cm³/mol. The average Bonchev–Trinajstić information content (AvgIpc) is 2.62. The van der Waals surface area contributed by atoms with Crippen LogP contribution in [0, 0.1) is 10.1 Å². The molecule has 0 aliphatic rings. The number of nitro benzene ring substituents is 1. The number of para-hydroxylation sites is 2. The van der Waals surface area contributed by atoms with Crippen LogP contribution in [0.25, 0.3) is 0 Å². The third-order valence-corrected chi connectivity index (χ3v) is 4.26. The lowest BCUT2D eigenvalue weighted by molar-refractivity contribution is -0.383. The topological polar surface area (TPSA) is 72.2 Å². The fraction of sp³-hybridized carbons (Fsp3) is 0. The zero-order chi connectivity index (χ0) is 18.7. The molecule has 3 aromatic carbocycles. The monoisotopic (exact) mass is 386 g/mol. The van der Waals surface area contributed by atoms with Crippen LogP contribution in [0.15, 0.2) is 66.7 Å². The van der Waals surface area contributed by atoms with E-state index in [0.29, 0.717) is 27.5 Å². The molecule has 26 heavy (non-hydrogen) atoms. The zero-order valence-corrected chi connectivity index (χ0v) is 14.8. The predicted octanol–water partition coefficient (Wildman–Crippen LogP) is 5.88. The average molecular weight is 387 g/mol. The number of rotatable bonds is 5. The van der Waals surface area contributed by atoms with Crippen LogP contribution in [0.1, 0.15) is 15.9 Å². The smallest absolute Gasteiger partial charge is 0.292 e. The van der Waals surface area contributed by atoms with Crippen LogP contribution in [0.2, 0.25) is 10.0 Å². The molecule has 0 saturated carbocycles. The Morgan fingerprint density at radius 2 is 1.65 bits per heavy atom. The van der Waals surface area contributed by atoms with E-state index in [1.807, 2.05) is 0 Å². The van der Waals surface area contributed by atoms with Gasteiger partial charge in [0.05, 0.1) is 9.95 Å². The van der Waals surface area contributed by atoms with Crippen molar-refractivity contribution in [1.29, 1.82) is 0 Å². The summed E-state index contributed by atoms with van der Waals surface area (Å²) in [6.07, 6.45) is 0. The fourth-order valence-electron chi connectivity index (χ4n) is 2.43.